The van der Waals surface area contributed by atoms with E-state index in [2.05, 4.69) is 16.7 Å². The second-order valence-corrected chi connectivity index (χ2v) is 5.81. The maximum atomic E-state index is 10.4. The van der Waals surface area contributed by atoms with Gasteiger partial charge in [-0.2, -0.15) is 0 Å². The molecule has 1 aromatic carbocycles. The predicted molar refractivity (Wildman–Crippen MR) is 90.2 cm³/mol. The van der Waals surface area contributed by atoms with Crippen LogP contribution in [0, 0.1) is 0 Å². The molecule has 1 saturated heterocycles. The molecular formula is C17H29N3O2. The molecule has 5 nitrogen and oxygen atoms in total. The van der Waals surface area contributed by atoms with Crippen molar-refractivity contribution in [3.63, 3.8) is 0 Å². The van der Waals surface area contributed by atoms with Gasteiger partial charge in [-0.25, -0.2) is 0 Å². The number of aliphatic hydroxyl groups is 1. The Bertz CT molecular complexity index is 459. The number of hydrogen-bond donors (Lipinski definition) is 2. The number of aliphatic hydroxyl groups excluding tert-OH is 1. The van der Waals surface area contributed by atoms with Crippen LogP contribution >= 0.6 is 0 Å². The highest BCUT2D eigenvalue weighted by Crippen LogP contribution is 2.27. The van der Waals surface area contributed by atoms with Crippen molar-refractivity contribution < 1.29 is 9.84 Å². The zero-order valence-corrected chi connectivity index (χ0v) is 13.8. The molecule has 0 saturated carbocycles. The topological polar surface area (TPSA) is 62.0 Å². The fraction of sp³-hybridized carbons (Fsp3) is 0.647. The van der Waals surface area contributed by atoms with Gasteiger partial charge in [-0.05, 0) is 37.6 Å². The molecule has 0 spiro atoms. The van der Waals surface area contributed by atoms with Crippen LogP contribution in [0.3, 0.4) is 0 Å². The third-order valence-electron chi connectivity index (χ3n) is 4.35. The largest absolute Gasteiger partial charge is 0.492 e. The van der Waals surface area contributed by atoms with Gasteiger partial charge in [0.1, 0.15) is 5.75 Å². The van der Waals surface area contributed by atoms with Gasteiger partial charge < -0.3 is 25.4 Å². The van der Waals surface area contributed by atoms with Crippen LogP contribution in [0.5, 0.6) is 5.75 Å². The molecule has 0 aromatic heterocycles. The number of piperazine rings is 1. The molecule has 1 aliphatic heterocycles. The zero-order chi connectivity index (χ0) is 15.9. The minimum Gasteiger partial charge on any atom is -0.492 e. The fourth-order valence-corrected chi connectivity index (χ4v) is 2.86. The molecule has 0 amide bonds. The summed E-state index contributed by atoms with van der Waals surface area (Å²) in [5.41, 5.74) is 7.42. The smallest absolute Gasteiger partial charge is 0.142 e. The molecule has 1 fully saturated rings. The van der Waals surface area contributed by atoms with Gasteiger partial charge in [-0.1, -0.05) is 13.0 Å². The van der Waals surface area contributed by atoms with Crippen molar-refractivity contribution in [3.8, 4) is 5.75 Å². The minimum absolute atomic E-state index is 0.470. The summed E-state index contributed by atoms with van der Waals surface area (Å²) in [5, 5.41) is 10.4. The molecule has 0 aliphatic carbocycles. The number of anilines is 1. The Kier molecular flexibility index (Phi) is 6.49. The summed E-state index contributed by atoms with van der Waals surface area (Å²) in [5.74, 6) is 0.689. The highest BCUT2D eigenvalue weighted by Gasteiger charge is 2.17. The fourth-order valence-electron chi connectivity index (χ4n) is 2.86. The first-order chi connectivity index (χ1) is 10.6. The highest BCUT2D eigenvalue weighted by atomic mass is 16.5. The summed E-state index contributed by atoms with van der Waals surface area (Å²) < 4.78 is 5.43. The van der Waals surface area contributed by atoms with E-state index in [1.165, 1.54) is 0 Å². The van der Waals surface area contributed by atoms with E-state index in [-0.39, 0.29) is 0 Å². The molecule has 3 N–H and O–H groups in total. The first-order valence-electron chi connectivity index (χ1n) is 8.29. The number of nitrogens with two attached hydrogens (primary N) is 1. The number of nitrogens with zero attached hydrogens (tertiary/aromatic N) is 2. The summed E-state index contributed by atoms with van der Waals surface area (Å²) in [7, 11) is 0. The Labute approximate surface area is 133 Å². The first kappa shape index (κ1) is 17.1. The number of nitrogen functional groups attached to an aromatic ring is 1. The monoisotopic (exact) mass is 307 g/mol. The van der Waals surface area contributed by atoms with Crippen LogP contribution in [-0.2, 0) is 0 Å². The van der Waals surface area contributed by atoms with E-state index in [4.69, 9.17) is 10.5 Å². The summed E-state index contributed by atoms with van der Waals surface area (Å²) in [6, 6.07) is 5.57. The van der Waals surface area contributed by atoms with Crippen LogP contribution < -0.4 is 10.5 Å². The van der Waals surface area contributed by atoms with E-state index in [0.29, 0.717) is 18.0 Å². The second-order valence-electron chi connectivity index (χ2n) is 5.81. The maximum Gasteiger partial charge on any atom is 0.142 e. The van der Waals surface area contributed by atoms with Crippen LogP contribution in [0.2, 0.25) is 0 Å². The molecule has 2 rings (SSSR count). The molecule has 1 atom stereocenters. The Morgan fingerprint density at radius 2 is 1.86 bits per heavy atom. The van der Waals surface area contributed by atoms with Crippen molar-refractivity contribution in [1.82, 2.24) is 9.80 Å². The molecule has 5 heteroatoms. The van der Waals surface area contributed by atoms with Crippen molar-refractivity contribution in [2.24, 2.45) is 0 Å². The van der Waals surface area contributed by atoms with Gasteiger partial charge in [0.2, 0.25) is 0 Å². The van der Waals surface area contributed by atoms with E-state index in [1.807, 2.05) is 25.1 Å². The molecular weight excluding hydrogens is 278 g/mol. The Morgan fingerprint density at radius 1 is 1.18 bits per heavy atom. The SMILES string of the molecule is CCOc1ccc(C(O)CCN2CCN(CC)CC2)cc1N. The van der Waals surface area contributed by atoms with Crippen LogP contribution in [-0.4, -0.2) is 60.8 Å². The number of rotatable bonds is 7. The predicted octanol–water partition coefficient (Wildman–Crippen LogP) is 1.73. The summed E-state index contributed by atoms with van der Waals surface area (Å²) in [6.07, 6.45) is 0.265. The van der Waals surface area contributed by atoms with Gasteiger partial charge in [0.25, 0.3) is 0 Å². The number of hydrogen-bond acceptors (Lipinski definition) is 5. The zero-order valence-electron chi connectivity index (χ0n) is 13.8. The molecule has 0 bridgehead atoms. The van der Waals surface area contributed by atoms with Gasteiger partial charge in [0, 0.05) is 32.7 Å². The van der Waals surface area contributed by atoms with E-state index >= 15 is 0 Å². The second kappa shape index (κ2) is 8.36. The van der Waals surface area contributed by atoms with Gasteiger partial charge in [-0.15, -0.1) is 0 Å². The van der Waals surface area contributed by atoms with E-state index in [9.17, 15) is 5.11 Å². The maximum absolute atomic E-state index is 10.4. The third kappa shape index (κ3) is 4.60. The van der Waals surface area contributed by atoms with E-state index < -0.39 is 6.10 Å². The number of benzene rings is 1. The van der Waals surface area contributed by atoms with Crippen LogP contribution in [0.15, 0.2) is 18.2 Å². The number of likely N-dealkylation sites (N-methyl/N-ethyl adjacent to an activating group) is 1. The van der Waals surface area contributed by atoms with Crippen molar-refractivity contribution >= 4 is 5.69 Å². The van der Waals surface area contributed by atoms with Crippen molar-refractivity contribution in [2.75, 3.05) is 51.6 Å². The third-order valence-corrected chi connectivity index (χ3v) is 4.35. The molecule has 1 aromatic rings. The summed E-state index contributed by atoms with van der Waals surface area (Å²) in [6.45, 7) is 11.2. The average Bonchev–Trinajstić information content (AvgIpc) is 2.55. The lowest BCUT2D eigenvalue weighted by molar-refractivity contribution is 0.105. The Morgan fingerprint density at radius 3 is 2.45 bits per heavy atom. The number of ether oxygens (including phenoxy) is 1. The Balaban J connectivity index is 1.82. The molecule has 124 valence electrons. The van der Waals surface area contributed by atoms with E-state index in [1.54, 1.807) is 0 Å². The molecule has 1 unspecified atom stereocenters. The quantitative estimate of drug-likeness (QED) is 0.751. The lowest BCUT2D eigenvalue weighted by Gasteiger charge is -2.34. The summed E-state index contributed by atoms with van der Waals surface area (Å²) >= 11 is 0. The van der Waals surface area contributed by atoms with Crippen molar-refractivity contribution in [2.45, 2.75) is 26.4 Å². The minimum atomic E-state index is -0.470. The highest BCUT2D eigenvalue weighted by molar-refractivity contribution is 5.54. The molecule has 22 heavy (non-hydrogen) atoms. The Hall–Kier alpha value is -1.30. The van der Waals surface area contributed by atoms with E-state index in [0.717, 1.165) is 51.3 Å². The van der Waals surface area contributed by atoms with Crippen LogP contribution in [0.25, 0.3) is 0 Å². The van der Waals surface area contributed by atoms with Gasteiger partial charge in [0.05, 0.1) is 18.4 Å². The van der Waals surface area contributed by atoms with Gasteiger partial charge in [-0.3, -0.25) is 0 Å². The molecule has 0 radical (unpaired) electrons. The normalized spacial score (nSPS) is 18.3. The first-order valence-corrected chi connectivity index (χ1v) is 8.29. The molecule has 1 aliphatic rings. The van der Waals surface area contributed by atoms with Gasteiger partial charge in [0.15, 0.2) is 0 Å². The standard InChI is InChI=1S/C17H29N3O2/c1-3-19-9-11-20(12-10-19)8-7-16(21)14-5-6-17(22-4-2)15(18)13-14/h5-6,13,16,21H,3-4,7-12,18H2,1-2H3. The lowest BCUT2D eigenvalue weighted by Crippen LogP contribution is -2.46. The summed E-state index contributed by atoms with van der Waals surface area (Å²) in [4.78, 5) is 4.88. The molecule has 1 heterocycles. The van der Waals surface area contributed by atoms with Crippen molar-refractivity contribution in [3.05, 3.63) is 23.8 Å². The van der Waals surface area contributed by atoms with Crippen molar-refractivity contribution in [1.29, 1.82) is 0 Å². The van der Waals surface area contributed by atoms with Crippen LogP contribution in [0.4, 0.5) is 5.69 Å². The average molecular weight is 307 g/mol. The van der Waals surface area contributed by atoms with Crippen LogP contribution in [0.1, 0.15) is 31.9 Å². The lowest BCUT2D eigenvalue weighted by atomic mass is 10.0. The van der Waals surface area contributed by atoms with Gasteiger partial charge >= 0.3 is 0 Å².